The minimum absolute atomic E-state index is 0.286. The van der Waals surface area contributed by atoms with Gasteiger partial charge >= 0.3 is 12.1 Å². The van der Waals surface area contributed by atoms with Crippen LogP contribution in [-0.4, -0.2) is 30.3 Å². The van der Waals surface area contributed by atoms with Crippen LogP contribution < -0.4 is 5.32 Å². The van der Waals surface area contributed by atoms with Gasteiger partial charge in [0.05, 0.1) is 7.11 Å². The Hall–Kier alpha value is -2.30. The number of nitrogens with one attached hydrogen (secondary N) is 1. The molecule has 1 rings (SSSR count). The molecule has 1 N–H and O–H groups in total. The van der Waals surface area contributed by atoms with Crippen LogP contribution in [0.1, 0.15) is 39.7 Å². The number of carbonyl (C=O) groups excluding carboxylic acids is 2. The lowest BCUT2D eigenvalue weighted by Crippen LogP contribution is -2.53. The maximum atomic E-state index is 12.1. The van der Waals surface area contributed by atoms with E-state index in [0.717, 1.165) is 5.56 Å². The summed E-state index contributed by atoms with van der Waals surface area (Å²) in [5, 5.41) is 2.60. The van der Waals surface area contributed by atoms with Crippen LogP contribution in [0.15, 0.2) is 36.4 Å². The van der Waals surface area contributed by atoms with Crippen LogP contribution in [-0.2, 0) is 14.3 Å². The van der Waals surface area contributed by atoms with Gasteiger partial charge in [-0.2, -0.15) is 0 Å². The van der Waals surface area contributed by atoms with Crippen molar-refractivity contribution in [1.29, 1.82) is 0 Å². The number of methoxy groups -OCH3 is 1. The van der Waals surface area contributed by atoms with Crippen molar-refractivity contribution in [3.8, 4) is 0 Å². The standard InChI is InChI=1S/C18H25NO4/c1-17(2,3)23-16(21)19-18(4,15(20)22-5)13-9-12-14-10-7-6-8-11-14/h6-12H,13H2,1-5H3,(H,19,21)/b12-9+. The molecule has 0 radical (unpaired) electrons. The molecule has 0 spiro atoms. The van der Waals surface area contributed by atoms with Crippen LogP contribution in [0, 0.1) is 0 Å². The fraction of sp³-hybridized carbons (Fsp3) is 0.444. The summed E-state index contributed by atoms with van der Waals surface area (Å²) >= 11 is 0. The number of benzene rings is 1. The first-order valence-electron chi connectivity index (χ1n) is 7.47. The van der Waals surface area contributed by atoms with Gasteiger partial charge in [0.1, 0.15) is 11.1 Å². The molecule has 0 aromatic heterocycles. The molecule has 1 unspecified atom stereocenters. The molecule has 1 amide bonds. The maximum Gasteiger partial charge on any atom is 0.408 e. The molecule has 1 aromatic carbocycles. The lowest BCUT2D eigenvalue weighted by atomic mass is 9.97. The van der Waals surface area contributed by atoms with Crippen molar-refractivity contribution in [3.05, 3.63) is 42.0 Å². The minimum Gasteiger partial charge on any atom is -0.467 e. The van der Waals surface area contributed by atoms with E-state index in [4.69, 9.17) is 9.47 Å². The van der Waals surface area contributed by atoms with Crippen LogP contribution in [0.4, 0.5) is 4.79 Å². The van der Waals surface area contributed by atoms with Gasteiger partial charge < -0.3 is 14.8 Å². The summed E-state index contributed by atoms with van der Waals surface area (Å²) in [4.78, 5) is 24.0. The van der Waals surface area contributed by atoms with E-state index in [1.807, 2.05) is 42.5 Å². The van der Waals surface area contributed by atoms with Crippen LogP contribution >= 0.6 is 0 Å². The number of rotatable bonds is 5. The number of hydrogen-bond acceptors (Lipinski definition) is 4. The third-order valence-corrected chi connectivity index (χ3v) is 3.05. The van der Waals surface area contributed by atoms with Gasteiger partial charge in [-0.3, -0.25) is 0 Å². The number of hydrogen-bond donors (Lipinski definition) is 1. The third-order valence-electron chi connectivity index (χ3n) is 3.05. The molecule has 0 aliphatic rings. The summed E-state index contributed by atoms with van der Waals surface area (Å²) in [6.45, 7) is 6.89. The number of amides is 1. The maximum absolute atomic E-state index is 12.1. The Kier molecular flexibility index (Phi) is 6.37. The van der Waals surface area contributed by atoms with E-state index in [-0.39, 0.29) is 6.42 Å². The zero-order chi connectivity index (χ0) is 17.5. The van der Waals surface area contributed by atoms with Crippen LogP contribution in [0.25, 0.3) is 6.08 Å². The smallest absolute Gasteiger partial charge is 0.408 e. The van der Waals surface area contributed by atoms with Gasteiger partial charge in [-0.25, -0.2) is 9.59 Å². The number of ether oxygens (including phenoxy) is 2. The zero-order valence-corrected chi connectivity index (χ0v) is 14.4. The molecular weight excluding hydrogens is 294 g/mol. The van der Waals surface area contributed by atoms with E-state index in [0.29, 0.717) is 0 Å². The van der Waals surface area contributed by atoms with Gasteiger partial charge in [0.25, 0.3) is 0 Å². The van der Waals surface area contributed by atoms with E-state index in [1.165, 1.54) is 7.11 Å². The topological polar surface area (TPSA) is 64.6 Å². The fourth-order valence-electron chi connectivity index (χ4n) is 1.93. The molecule has 0 saturated carbocycles. The Morgan fingerprint density at radius 1 is 1.13 bits per heavy atom. The highest BCUT2D eigenvalue weighted by molar-refractivity contribution is 5.85. The van der Waals surface area contributed by atoms with Crippen LogP contribution in [0.5, 0.6) is 0 Å². The highest BCUT2D eigenvalue weighted by Crippen LogP contribution is 2.16. The molecule has 1 atom stereocenters. The van der Waals surface area contributed by atoms with Crippen molar-refractivity contribution in [2.24, 2.45) is 0 Å². The predicted octanol–water partition coefficient (Wildman–Crippen LogP) is 3.55. The summed E-state index contributed by atoms with van der Waals surface area (Å²) in [6, 6.07) is 9.69. The molecule has 0 bridgehead atoms. The van der Waals surface area contributed by atoms with E-state index in [1.54, 1.807) is 27.7 Å². The lowest BCUT2D eigenvalue weighted by Gasteiger charge is -2.28. The molecular formula is C18H25NO4. The average Bonchev–Trinajstić information content (AvgIpc) is 2.45. The second-order valence-electron chi connectivity index (χ2n) is 6.47. The highest BCUT2D eigenvalue weighted by Gasteiger charge is 2.36. The molecule has 0 aliphatic carbocycles. The second kappa shape index (κ2) is 7.81. The molecule has 5 heteroatoms. The van der Waals surface area contributed by atoms with E-state index in [2.05, 4.69) is 5.32 Å². The van der Waals surface area contributed by atoms with E-state index < -0.39 is 23.2 Å². The molecule has 23 heavy (non-hydrogen) atoms. The Morgan fingerprint density at radius 2 is 1.74 bits per heavy atom. The van der Waals surface area contributed by atoms with E-state index in [9.17, 15) is 9.59 Å². The van der Waals surface area contributed by atoms with Gasteiger partial charge in [0.15, 0.2) is 0 Å². The first kappa shape index (κ1) is 18.7. The fourth-order valence-corrected chi connectivity index (χ4v) is 1.93. The molecule has 0 heterocycles. The molecule has 126 valence electrons. The Balaban J connectivity index is 2.80. The summed E-state index contributed by atoms with van der Waals surface area (Å²) in [5.74, 6) is -0.527. The molecule has 0 saturated heterocycles. The zero-order valence-electron chi connectivity index (χ0n) is 14.4. The van der Waals surface area contributed by atoms with Crippen molar-refractivity contribution < 1.29 is 19.1 Å². The van der Waals surface area contributed by atoms with Crippen molar-refractivity contribution in [2.75, 3.05) is 7.11 Å². The lowest BCUT2D eigenvalue weighted by molar-refractivity contribution is -0.147. The first-order chi connectivity index (χ1) is 10.7. The van der Waals surface area contributed by atoms with E-state index >= 15 is 0 Å². The summed E-state index contributed by atoms with van der Waals surface area (Å²) in [5.41, 5.74) is -0.819. The monoisotopic (exact) mass is 319 g/mol. The largest absolute Gasteiger partial charge is 0.467 e. The molecule has 0 aliphatic heterocycles. The third kappa shape index (κ3) is 6.55. The van der Waals surface area contributed by atoms with Crippen molar-refractivity contribution >= 4 is 18.1 Å². The highest BCUT2D eigenvalue weighted by atomic mass is 16.6. The van der Waals surface area contributed by atoms with Gasteiger partial charge in [-0.15, -0.1) is 0 Å². The quantitative estimate of drug-likeness (QED) is 0.843. The Bertz CT molecular complexity index is 560. The Labute approximate surface area is 137 Å². The van der Waals surface area contributed by atoms with Gasteiger partial charge in [0, 0.05) is 0 Å². The molecule has 5 nitrogen and oxygen atoms in total. The van der Waals surface area contributed by atoms with Crippen molar-refractivity contribution in [1.82, 2.24) is 5.32 Å². The van der Waals surface area contributed by atoms with Crippen molar-refractivity contribution in [2.45, 2.75) is 45.3 Å². The first-order valence-corrected chi connectivity index (χ1v) is 7.47. The number of alkyl carbamates (subject to hydrolysis) is 1. The molecule has 0 fully saturated rings. The second-order valence-corrected chi connectivity index (χ2v) is 6.47. The van der Waals surface area contributed by atoms with Crippen LogP contribution in [0.2, 0.25) is 0 Å². The van der Waals surface area contributed by atoms with Crippen LogP contribution in [0.3, 0.4) is 0 Å². The number of esters is 1. The normalized spacial score (nSPS) is 14.1. The SMILES string of the molecule is COC(=O)C(C)(C/C=C/c1ccccc1)NC(=O)OC(C)(C)C. The van der Waals surface area contributed by atoms with Gasteiger partial charge in [0.2, 0.25) is 0 Å². The summed E-state index contributed by atoms with van der Waals surface area (Å²) < 4.78 is 10.0. The number of carbonyl (C=O) groups is 2. The van der Waals surface area contributed by atoms with Gasteiger partial charge in [-0.1, -0.05) is 42.5 Å². The summed E-state index contributed by atoms with van der Waals surface area (Å²) in [7, 11) is 1.29. The minimum atomic E-state index is -1.19. The predicted molar refractivity (Wildman–Crippen MR) is 89.9 cm³/mol. The average molecular weight is 319 g/mol. The van der Waals surface area contributed by atoms with Crippen molar-refractivity contribution in [3.63, 3.8) is 0 Å². The molecule has 1 aromatic rings. The summed E-state index contributed by atoms with van der Waals surface area (Å²) in [6.07, 6.45) is 3.34. The Morgan fingerprint density at radius 3 is 2.26 bits per heavy atom. The van der Waals surface area contributed by atoms with Gasteiger partial charge in [-0.05, 0) is 39.7 Å².